The Kier molecular flexibility index (Phi) is 9.54. The quantitative estimate of drug-likeness (QED) is 0.157. The number of amides is 1. The molecule has 1 amide bonds. The van der Waals surface area contributed by atoms with Crippen molar-refractivity contribution in [2.24, 2.45) is 0 Å². The summed E-state index contributed by atoms with van der Waals surface area (Å²) in [6.45, 7) is 1.73. The van der Waals surface area contributed by atoms with E-state index in [2.05, 4.69) is 26.3 Å². The third-order valence-electron chi connectivity index (χ3n) is 6.33. The van der Waals surface area contributed by atoms with Gasteiger partial charge in [-0.1, -0.05) is 53.8 Å². The number of carbonyl (C=O) groups is 1. The number of rotatable bonds is 11. The standard InChI is InChI=1S/C31H26N6O4S3/c1-20-35-36-31(43-20)37-44(39,40)25-14-10-23(11-15-25)33-29(38)16-17-42-30-27(19-32)26(21-8-12-24(41-2)13-9-21)18-28(34-30)22-6-4-3-5-7-22/h3-15,18H,16-17H2,1-2H3,(H,33,38)(H,36,37). The molecule has 0 saturated carbocycles. The average molecular weight is 643 g/mol. The van der Waals surface area contributed by atoms with Crippen LogP contribution in [0.15, 0.2) is 94.9 Å². The van der Waals surface area contributed by atoms with E-state index in [9.17, 15) is 18.5 Å². The number of thioether (sulfide) groups is 1. The number of nitrogens with zero attached hydrogens (tertiary/aromatic N) is 4. The normalized spacial score (nSPS) is 11.0. The fraction of sp³-hybridized carbons (Fsp3) is 0.129. The highest BCUT2D eigenvalue weighted by molar-refractivity contribution is 7.99. The Labute approximate surface area is 263 Å². The molecule has 0 spiro atoms. The molecule has 3 aromatic carbocycles. The molecule has 10 nitrogen and oxygen atoms in total. The van der Waals surface area contributed by atoms with Crippen molar-refractivity contribution >= 4 is 49.8 Å². The first-order chi connectivity index (χ1) is 21.3. The lowest BCUT2D eigenvalue weighted by atomic mass is 9.99. The number of sulfonamides is 1. The number of hydrogen-bond donors (Lipinski definition) is 2. The third-order valence-corrected chi connectivity index (χ3v) is 9.55. The van der Waals surface area contributed by atoms with Gasteiger partial charge in [-0.2, -0.15) is 5.26 Å². The molecule has 2 N–H and O–H groups in total. The van der Waals surface area contributed by atoms with E-state index in [1.807, 2.05) is 60.7 Å². The molecule has 0 unspecified atom stereocenters. The molecular formula is C31H26N6O4S3. The van der Waals surface area contributed by atoms with Crippen LogP contribution in [-0.2, 0) is 14.8 Å². The van der Waals surface area contributed by atoms with Gasteiger partial charge in [0.2, 0.25) is 11.0 Å². The minimum absolute atomic E-state index is 0.0278. The molecular weight excluding hydrogens is 617 g/mol. The van der Waals surface area contributed by atoms with Gasteiger partial charge < -0.3 is 10.1 Å². The Hall–Kier alpha value is -4.77. The van der Waals surface area contributed by atoms with Crippen LogP contribution in [0.4, 0.5) is 10.8 Å². The Bertz CT molecular complexity index is 1920. The van der Waals surface area contributed by atoms with Gasteiger partial charge in [-0.3, -0.25) is 9.52 Å². The lowest BCUT2D eigenvalue weighted by Gasteiger charge is -2.13. The molecule has 5 aromatic rings. The van der Waals surface area contributed by atoms with Crippen LogP contribution < -0.4 is 14.8 Å². The molecule has 44 heavy (non-hydrogen) atoms. The number of pyridine rings is 1. The first-order valence-electron chi connectivity index (χ1n) is 13.3. The van der Waals surface area contributed by atoms with Crippen LogP contribution in [0.1, 0.15) is 17.0 Å². The number of benzene rings is 3. The van der Waals surface area contributed by atoms with E-state index >= 15 is 0 Å². The van der Waals surface area contributed by atoms with Gasteiger partial charge in [0.1, 0.15) is 21.9 Å². The van der Waals surface area contributed by atoms with Gasteiger partial charge in [0.15, 0.2) is 0 Å². The number of aromatic nitrogens is 3. The first-order valence-corrected chi connectivity index (χ1v) is 16.5. The van der Waals surface area contributed by atoms with Crippen LogP contribution in [0.5, 0.6) is 5.75 Å². The van der Waals surface area contributed by atoms with E-state index in [0.717, 1.165) is 28.0 Å². The van der Waals surface area contributed by atoms with Crippen molar-refractivity contribution in [3.63, 3.8) is 0 Å². The molecule has 0 bridgehead atoms. The molecule has 0 atom stereocenters. The number of carbonyl (C=O) groups excluding carboxylic acids is 1. The van der Waals surface area contributed by atoms with Crippen molar-refractivity contribution in [3.05, 3.63) is 95.5 Å². The van der Waals surface area contributed by atoms with E-state index in [0.29, 0.717) is 38.5 Å². The largest absolute Gasteiger partial charge is 0.497 e. The van der Waals surface area contributed by atoms with Gasteiger partial charge >= 0.3 is 0 Å². The smallest absolute Gasteiger partial charge is 0.263 e. The maximum Gasteiger partial charge on any atom is 0.263 e. The first kappa shape index (κ1) is 30.7. The van der Waals surface area contributed by atoms with Crippen molar-refractivity contribution in [1.29, 1.82) is 5.26 Å². The molecule has 2 heterocycles. The highest BCUT2D eigenvalue weighted by atomic mass is 32.2. The topological polar surface area (TPSA) is 147 Å². The Morgan fingerprint density at radius 1 is 1.00 bits per heavy atom. The molecule has 222 valence electrons. The minimum Gasteiger partial charge on any atom is -0.497 e. The highest BCUT2D eigenvalue weighted by Gasteiger charge is 2.18. The van der Waals surface area contributed by atoms with Crippen molar-refractivity contribution in [2.45, 2.75) is 23.3 Å². The van der Waals surface area contributed by atoms with Gasteiger partial charge in [0.05, 0.1) is 23.3 Å². The Morgan fingerprint density at radius 3 is 2.36 bits per heavy atom. The summed E-state index contributed by atoms with van der Waals surface area (Å²) < 4.78 is 32.9. The maximum atomic E-state index is 12.8. The van der Waals surface area contributed by atoms with E-state index in [-0.39, 0.29) is 22.4 Å². The number of aryl methyl sites for hydroxylation is 1. The van der Waals surface area contributed by atoms with E-state index in [1.165, 1.54) is 36.0 Å². The summed E-state index contributed by atoms with van der Waals surface area (Å²) in [5.41, 5.74) is 4.09. The van der Waals surface area contributed by atoms with Crippen molar-refractivity contribution in [1.82, 2.24) is 15.2 Å². The molecule has 0 aliphatic carbocycles. The number of methoxy groups -OCH3 is 1. The van der Waals surface area contributed by atoms with Gasteiger partial charge in [0.25, 0.3) is 10.0 Å². The average Bonchev–Trinajstić information content (AvgIpc) is 3.44. The molecule has 5 rings (SSSR count). The van der Waals surface area contributed by atoms with E-state index < -0.39 is 10.0 Å². The summed E-state index contributed by atoms with van der Waals surface area (Å²) in [7, 11) is -2.25. The van der Waals surface area contributed by atoms with Crippen LogP contribution in [0.25, 0.3) is 22.4 Å². The second kappa shape index (κ2) is 13.7. The summed E-state index contributed by atoms with van der Waals surface area (Å²) in [4.78, 5) is 17.6. The maximum absolute atomic E-state index is 12.8. The van der Waals surface area contributed by atoms with Crippen LogP contribution in [-0.4, -0.2) is 42.4 Å². The highest BCUT2D eigenvalue weighted by Crippen LogP contribution is 2.35. The predicted molar refractivity (Wildman–Crippen MR) is 172 cm³/mol. The summed E-state index contributed by atoms with van der Waals surface area (Å²) in [5.74, 6) is 0.816. The zero-order valence-corrected chi connectivity index (χ0v) is 26.1. The zero-order valence-electron chi connectivity index (χ0n) is 23.6. The lowest BCUT2D eigenvalue weighted by molar-refractivity contribution is -0.115. The van der Waals surface area contributed by atoms with Crippen molar-refractivity contribution in [2.75, 3.05) is 22.9 Å². The predicted octanol–water partition coefficient (Wildman–Crippen LogP) is 6.38. The second-order valence-corrected chi connectivity index (χ2v) is 13.3. The van der Waals surface area contributed by atoms with E-state index in [1.54, 1.807) is 14.0 Å². The molecule has 0 fully saturated rings. The summed E-state index contributed by atoms with van der Waals surface area (Å²) in [6, 6.07) is 27.2. The molecule has 13 heteroatoms. The van der Waals surface area contributed by atoms with Crippen LogP contribution >= 0.6 is 23.1 Å². The third kappa shape index (κ3) is 7.41. The fourth-order valence-corrected chi connectivity index (χ4v) is 6.95. The van der Waals surface area contributed by atoms with Crippen LogP contribution in [0.2, 0.25) is 0 Å². The fourth-order valence-electron chi connectivity index (χ4n) is 4.18. The van der Waals surface area contributed by atoms with Crippen molar-refractivity contribution in [3.8, 4) is 34.2 Å². The lowest BCUT2D eigenvalue weighted by Crippen LogP contribution is -2.14. The summed E-state index contributed by atoms with van der Waals surface area (Å²) in [5, 5.41) is 21.9. The Morgan fingerprint density at radius 2 is 1.73 bits per heavy atom. The monoisotopic (exact) mass is 642 g/mol. The van der Waals surface area contributed by atoms with Gasteiger partial charge in [0, 0.05) is 29.0 Å². The van der Waals surface area contributed by atoms with Gasteiger partial charge in [-0.05, 0) is 55.0 Å². The molecule has 0 aliphatic rings. The molecule has 0 saturated heterocycles. The molecule has 0 radical (unpaired) electrons. The SMILES string of the molecule is COc1ccc(-c2cc(-c3ccccc3)nc(SCCC(=O)Nc3ccc(S(=O)(=O)Nc4nnc(C)s4)cc3)c2C#N)cc1. The van der Waals surface area contributed by atoms with Crippen LogP contribution in [0, 0.1) is 18.3 Å². The zero-order chi connectivity index (χ0) is 31.1. The Balaban J connectivity index is 1.28. The number of nitrogens with one attached hydrogen (secondary N) is 2. The minimum atomic E-state index is -3.85. The summed E-state index contributed by atoms with van der Waals surface area (Å²) >= 11 is 2.46. The second-order valence-electron chi connectivity index (χ2n) is 9.34. The van der Waals surface area contributed by atoms with E-state index in [4.69, 9.17) is 9.72 Å². The number of anilines is 2. The van der Waals surface area contributed by atoms with Crippen molar-refractivity contribution < 1.29 is 17.9 Å². The van der Waals surface area contributed by atoms with Crippen LogP contribution in [0.3, 0.4) is 0 Å². The number of ether oxygens (including phenoxy) is 1. The molecule has 0 aliphatic heterocycles. The van der Waals surface area contributed by atoms with Gasteiger partial charge in [-0.15, -0.1) is 22.0 Å². The molecule has 2 aromatic heterocycles. The number of nitriles is 1. The summed E-state index contributed by atoms with van der Waals surface area (Å²) in [6.07, 6.45) is 0.142. The van der Waals surface area contributed by atoms with Gasteiger partial charge in [-0.25, -0.2) is 13.4 Å². The number of hydrogen-bond acceptors (Lipinski definition) is 10.